The van der Waals surface area contributed by atoms with Crippen LogP contribution in [0.4, 0.5) is 11.8 Å². The Morgan fingerprint density at radius 3 is 2.66 bits per heavy atom. The van der Waals surface area contributed by atoms with Crippen LogP contribution in [-0.2, 0) is 9.47 Å². The van der Waals surface area contributed by atoms with Gasteiger partial charge in [-0.15, -0.1) is 0 Å². The number of ether oxygens (including phenoxy) is 2. The third kappa shape index (κ3) is 3.20. The average molecular weight is 434 g/mol. The number of imidazole rings is 1. The van der Waals surface area contributed by atoms with E-state index in [9.17, 15) is 0 Å². The molecule has 3 aromatic heterocycles. The monoisotopic (exact) mass is 433 g/mol. The van der Waals surface area contributed by atoms with E-state index in [0.717, 1.165) is 53.3 Å². The van der Waals surface area contributed by atoms with Crippen LogP contribution in [0.2, 0.25) is 0 Å². The van der Waals surface area contributed by atoms with E-state index in [2.05, 4.69) is 51.8 Å². The van der Waals surface area contributed by atoms with Crippen molar-refractivity contribution in [3.63, 3.8) is 0 Å². The molecule has 0 spiro atoms. The average Bonchev–Trinajstić information content (AvgIpc) is 3.46. The maximum atomic E-state index is 5.77. The molecule has 0 radical (unpaired) electrons. The lowest BCUT2D eigenvalue weighted by Gasteiger charge is -2.43. The van der Waals surface area contributed by atoms with Crippen LogP contribution in [0.25, 0.3) is 33.5 Å². The molecule has 0 bridgehead atoms. The summed E-state index contributed by atoms with van der Waals surface area (Å²) in [6.45, 7) is 9.37. The van der Waals surface area contributed by atoms with E-state index in [4.69, 9.17) is 24.4 Å². The van der Waals surface area contributed by atoms with Crippen molar-refractivity contribution in [3.8, 4) is 11.4 Å². The summed E-state index contributed by atoms with van der Waals surface area (Å²) < 4.78 is 11.3. The molecule has 0 amide bonds. The normalized spacial score (nSPS) is 19.2. The van der Waals surface area contributed by atoms with E-state index in [1.807, 2.05) is 12.3 Å². The molecule has 2 aliphatic heterocycles. The summed E-state index contributed by atoms with van der Waals surface area (Å²) in [5, 5.41) is 1.13. The minimum absolute atomic E-state index is 0.187. The largest absolute Gasteiger partial charge is 0.378 e. The number of hydrogen-bond donors (Lipinski definition) is 2. The predicted octanol–water partition coefficient (Wildman–Crippen LogP) is 2.95. The molecule has 166 valence electrons. The molecule has 9 heteroatoms. The molecule has 2 N–H and O–H groups in total. The molecule has 1 aromatic carbocycles. The van der Waals surface area contributed by atoms with Crippen molar-refractivity contribution in [2.75, 3.05) is 55.9 Å². The zero-order valence-corrected chi connectivity index (χ0v) is 18.4. The smallest absolute Gasteiger partial charge is 0.229 e. The molecular weight excluding hydrogens is 406 g/mol. The van der Waals surface area contributed by atoms with Gasteiger partial charge in [-0.05, 0) is 26.0 Å². The molecule has 0 saturated carbocycles. The van der Waals surface area contributed by atoms with E-state index >= 15 is 0 Å². The van der Waals surface area contributed by atoms with Crippen LogP contribution in [0, 0.1) is 0 Å². The van der Waals surface area contributed by atoms with Gasteiger partial charge in [-0.1, -0.05) is 12.1 Å². The van der Waals surface area contributed by atoms with Gasteiger partial charge in [0, 0.05) is 42.3 Å². The molecule has 0 aliphatic carbocycles. The topological polar surface area (TPSA) is 95.2 Å². The first kappa shape index (κ1) is 19.5. The molecule has 32 heavy (non-hydrogen) atoms. The lowest BCUT2D eigenvalue weighted by atomic mass is 10.0. The molecule has 0 atom stereocenters. The number of H-pyrrole nitrogens is 2. The van der Waals surface area contributed by atoms with Crippen molar-refractivity contribution in [1.29, 1.82) is 0 Å². The lowest BCUT2D eigenvalue weighted by Crippen LogP contribution is -2.53. The van der Waals surface area contributed by atoms with Crippen molar-refractivity contribution < 1.29 is 9.47 Å². The fraction of sp³-hybridized carbons (Fsp3) is 0.435. The highest BCUT2D eigenvalue weighted by Gasteiger charge is 2.34. The van der Waals surface area contributed by atoms with Crippen molar-refractivity contribution >= 4 is 33.8 Å². The lowest BCUT2D eigenvalue weighted by molar-refractivity contribution is 0.0640. The highest BCUT2D eigenvalue weighted by molar-refractivity contribution is 5.96. The van der Waals surface area contributed by atoms with Crippen molar-refractivity contribution in [3.05, 3.63) is 30.5 Å². The third-order valence-corrected chi connectivity index (χ3v) is 6.37. The Balaban J connectivity index is 1.54. The molecule has 2 aliphatic rings. The minimum atomic E-state index is -0.187. The van der Waals surface area contributed by atoms with Gasteiger partial charge in [0.2, 0.25) is 5.95 Å². The molecule has 5 heterocycles. The molecule has 4 aromatic rings. The summed E-state index contributed by atoms with van der Waals surface area (Å²) >= 11 is 0. The summed E-state index contributed by atoms with van der Waals surface area (Å²) in [6.07, 6.45) is 1.95. The third-order valence-electron chi connectivity index (χ3n) is 6.37. The number of morpholine rings is 2. The number of hydrogen-bond acceptors (Lipinski definition) is 7. The van der Waals surface area contributed by atoms with E-state index < -0.39 is 0 Å². The van der Waals surface area contributed by atoms with Gasteiger partial charge in [0.15, 0.2) is 11.5 Å². The second-order valence-corrected chi connectivity index (χ2v) is 8.99. The van der Waals surface area contributed by atoms with Gasteiger partial charge < -0.3 is 29.2 Å². The van der Waals surface area contributed by atoms with Gasteiger partial charge >= 0.3 is 0 Å². The van der Waals surface area contributed by atoms with E-state index in [-0.39, 0.29) is 5.54 Å². The number of anilines is 2. The standard InChI is InChI=1S/C23H27N7O2/c1-23(2)14-32-13-10-30(23)21-18-20(27-22(28-21)29-8-11-31-12-9-29)26-19(25-18)16-4-3-5-17-15(16)6-7-24-17/h3-7,24H,8-14H2,1-2H3,(H,25,26,27,28). The van der Waals surface area contributed by atoms with Crippen molar-refractivity contribution in [2.45, 2.75) is 19.4 Å². The van der Waals surface area contributed by atoms with Crippen LogP contribution in [0.3, 0.4) is 0 Å². The van der Waals surface area contributed by atoms with E-state index in [0.29, 0.717) is 38.0 Å². The quantitative estimate of drug-likeness (QED) is 0.513. The minimum Gasteiger partial charge on any atom is -0.378 e. The second kappa shape index (κ2) is 7.46. The zero-order valence-electron chi connectivity index (χ0n) is 18.4. The van der Waals surface area contributed by atoms with Gasteiger partial charge in [-0.25, -0.2) is 4.98 Å². The molecule has 9 nitrogen and oxygen atoms in total. The Hall–Kier alpha value is -3.17. The Morgan fingerprint density at radius 2 is 1.81 bits per heavy atom. The maximum absolute atomic E-state index is 5.77. The Morgan fingerprint density at radius 1 is 0.969 bits per heavy atom. The van der Waals surface area contributed by atoms with E-state index in [1.54, 1.807) is 0 Å². The van der Waals surface area contributed by atoms with Crippen molar-refractivity contribution in [2.24, 2.45) is 0 Å². The highest BCUT2D eigenvalue weighted by atomic mass is 16.5. The first-order valence-corrected chi connectivity index (χ1v) is 11.1. The maximum Gasteiger partial charge on any atom is 0.229 e. The van der Waals surface area contributed by atoms with Gasteiger partial charge in [0.05, 0.1) is 32.0 Å². The molecule has 0 unspecified atom stereocenters. The summed E-state index contributed by atoms with van der Waals surface area (Å²) in [6, 6.07) is 8.27. The highest BCUT2D eigenvalue weighted by Crippen LogP contribution is 2.34. The SMILES string of the molecule is CC1(C)COCCN1c1nc(N2CCOCC2)nc2nc(-c3cccc4[nH]ccc34)[nH]c12. The van der Waals surface area contributed by atoms with Gasteiger partial charge in [-0.2, -0.15) is 9.97 Å². The summed E-state index contributed by atoms with van der Waals surface area (Å²) in [7, 11) is 0. The zero-order chi connectivity index (χ0) is 21.7. The summed E-state index contributed by atoms with van der Waals surface area (Å²) in [5.41, 5.74) is 3.48. The Bertz CT molecular complexity index is 1270. The second-order valence-electron chi connectivity index (χ2n) is 8.99. The number of nitrogens with one attached hydrogen (secondary N) is 2. The number of aromatic nitrogens is 5. The van der Waals surface area contributed by atoms with Gasteiger partial charge in [0.1, 0.15) is 11.3 Å². The Kier molecular flexibility index (Phi) is 4.55. The number of nitrogens with zero attached hydrogens (tertiary/aromatic N) is 5. The van der Waals surface area contributed by atoms with Gasteiger partial charge in [0.25, 0.3) is 0 Å². The summed E-state index contributed by atoms with van der Waals surface area (Å²) in [5.74, 6) is 2.38. The van der Waals surface area contributed by atoms with Crippen molar-refractivity contribution in [1.82, 2.24) is 24.9 Å². The Labute approximate surface area is 185 Å². The number of fused-ring (bicyclic) bond motifs is 2. The number of aromatic amines is 2. The van der Waals surface area contributed by atoms with Crippen LogP contribution < -0.4 is 9.80 Å². The van der Waals surface area contributed by atoms with E-state index in [1.165, 1.54) is 0 Å². The summed E-state index contributed by atoms with van der Waals surface area (Å²) in [4.78, 5) is 26.2. The van der Waals surface area contributed by atoms with Crippen LogP contribution in [0.15, 0.2) is 30.5 Å². The fourth-order valence-electron chi connectivity index (χ4n) is 4.64. The number of benzene rings is 1. The van der Waals surface area contributed by atoms with Gasteiger partial charge in [-0.3, -0.25) is 0 Å². The molecule has 2 fully saturated rings. The number of rotatable bonds is 3. The molecule has 2 saturated heterocycles. The molecular formula is C23H27N7O2. The predicted molar refractivity (Wildman–Crippen MR) is 124 cm³/mol. The molecule has 6 rings (SSSR count). The fourth-order valence-corrected chi connectivity index (χ4v) is 4.64. The first-order chi connectivity index (χ1) is 15.6. The first-order valence-electron chi connectivity index (χ1n) is 11.1. The van der Waals surface area contributed by atoms with Crippen LogP contribution in [0.5, 0.6) is 0 Å². The van der Waals surface area contributed by atoms with Crippen LogP contribution in [0.1, 0.15) is 13.8 Å². The van der Waals surface area contributed by atoms with Crippen LogP contribution in [-0.4, -0.2) is 76.5 Å². The van der Waals surface area contributed by atoms with Crippen LogP contribution >= 0.6 is 0 Å².